The van der Waals surface area contributed by atoms with Gasteiger partial charge in [-0.15, -0.1) is 15.3 Å². The number of amides is 1. The summed E-state index contributed by atoms with van der Waals surface area (Å²) in [6.45, 7) is 2.39. The molecule has 0 saturated carbocycles. The van der Waals surface area contributed by atoms with Gasteiger partial charge in [-0.1, -0.05) is 46.9 Å². The Hall–Kier alpha value is -2.61. The molecule has 1 amide bonds. The number of aromatic nitrogens is 5. The van der Waals surface area contributed by atoms with Gasteiger partial charge in [0.15, 0.2) is 5.69 Å². The first-order chi connectivity index (χ1) is 10.2. The van der Waals surface area contributed by atoms with Crippen LogP contribution in [0.25, 0.3) is 0 Å². The molecule has 0 aliphatic heterocycles. The summed E-state index contributed by atoms with van der Waals surface area (Å²) in [5, 5.41) is 19.4. The number of rotatable bonds is 4. The lowest BCUT2D eigenvalue weighted by Crippen LogP contribution is -2.12. The molecule has 0 atom stereocenters. The maximum Gasteiger partial charge on any atom is 0.279 e. The molecular formula is C13H12N6OS. The lowest BCUT2D eigenvalue weighted by atomic mass is 10.2. The van der Waals surface area contributed by atoms with Crippen LogP contribution >= 0.6 is 11.3 Å². The van der Waals surface area contributed by atoms with Gasteiger partial charge >= 0.3 is 0 Å². The maximum absolute atomic E-state index is 12.0. The van der Waals surface area contributed by atoms with Crippen molar-refractivity contribution in [2.24, 2.45) is 0 Å². The minimum atomic E-state index is -0.342. The highest BCUT2D eigenvalue weighted by atomic mass is 32.1. The maximum atomic E-state index is 12.0. The molecule has 1 aromatic carbocycles. The predicted molar refractivity (Wildman–Crippen MR) is 78.2 cm³/mol. The monoisotopic (exact) mass is 300 g/mol. The fourth-order valence-electron chi connectivity index (χ4n) is 1.76. The van der Waals surface area contributed by atoms with E-state index in [2.05, 4.69) is 25.8 Å². The van der Waals surface area contributed by atoms with E-state index in [0.29, 0.717) is 11.7 Å². The van der Waals surface area contributed by atoms with Gasteiger partial charge in [0, 0.05) is 0 Å². The molecule has 8 heteroatoms. The molecule has 0 unspecified atom stereocenters. The van der Waals surface area contributed by atoms with E-state index in [9.17, 15) is 4.79 Å². The minimum Gasteiger partial charge on any atom is -0.295 e. The van der Waals surface area contributed by atoms with Crippen molar-refractivity contribution in [3.8, 4) is 0 Å². The summed E-state index contributed by atoms with van der Waals surface area (Å²) >= 11 is 1.31. The Balaban J connectivity index is 1.68. The van der Waals surface area contributed by atoms with Gasteiger partial charge in [0.05, 0.1) is 12.7 Å². The zero-order valence-electron chi connectivity index (χ0n) is 11.2. The average molecular weight is 300 g/mol. The van der Waals surface area contributed by atoms with Crippen molar-refractivity contribution in [1.29, 1.82) is 0 Å². The van der Waals surface area contributed by atoms with Crippen LogP contribution in [0.1, 0.15) is 21.1 Å². The van der Waals surface area contributed by atoms with E-state index in [0.717, 1.165) is 10.6 Å². The van der Waals surface area contributed by atoms with Gasteiger partial charge in [-0.25, -0.2) is 4.68 Å². The number of nitrogens with zero attached hydrogens (tertiary/aromatic N) is 5. The van der Waals surface area contributed by atoms with Gasteiger partial charge in [-0.3, -0.25) is 10.1 Å². The molecule has 0 radical (unpaired) electrons. The van der Waals surface area contributed by atoms with Crippen molar-refractivity contribution < 1.29 is 4.79 Å². The fraction of sp³-hybridized carbons (Fsp3) is 0.154. The molecule has 0 aliphatic carbocycles. The zero-order valence-corrected chi connectivity index (χ0v) is 12.0. The topological polar surface area (TPSA) is 85.6 Å². The lowest BCUT2D eigenvalue weighted by molar-refractivity contribution is 0.102. The van der Waals surface area contributed by atoms with Crippen LogP contribution in [0.3, 0.4) is 0 Å². The van der Waals surface area contributed by atoms with E-state index >= 15 is 0 Å². The van der Waals surface area contributed by atoms with Crippen molar-refractivity contribution in [2.75, 3.05) is 5.32 Å². The Morgan fingerprint density at radius 1 is 1.24 bits per heavy atom. The number of benzene rings is 1. The van der Waals surface area contributed by atoms with Crippen molar-refractivity contribution in [3.63, 3.8) is 0 Å². The molecule has 0 aliphatic rings. The number of hydrogen-bond acceptors (Lipinski definition) is 6. The van der Waals surface area contributed by atoms with E-state index in [4.69, 9.17) is 0 Å². The summed E-state index contributed by atoms with van der Waals surface area (Å²) in [6.07, 6.45) is 1.61. The normalized spacial score (nSPS) is 10.5. The number of carbonyl (C=O) groups is 1. The predicted octanol–water partition coefficient (Wildman–Crippen LogP) is 1.74. The second-order valence-electron chi connectivity index (χ2n) is 4.37. The molecule has 3 aromatic rings. The van der Waals surface area contributed by atoms with Crippen LogP contribution in [-0.2, 0) is 6.54 Å². The standard InChI is InChI=1S/C13H12N6OS/c1-9-15-17-13(21-9)14-12(20)11-8-19(18-16-11)7-10-5-3-2-4-6-10/h2-6,8H,7H2,1H3,(H,14,17,20). The third kappa shape index (κ3) is 3.29. The van der Waals surface area contributed by atoms with Crippen molar-refractivity contribution in [1.82, 2.24) is 25.2 Å². The smallest absolute Gasteiger partial charge is 0.279 e. The molecule has 0 saturated heterocycles. The van der Waals surface area contributed by atoms with Crippen LogP contribution in [0.2, 0.25) is 0 Å². The first kappa shape index (κ1) is 13.4. The molecule has 3 rings (SSSR count). The number of nitrogens with one attached hydrogen (secondary N) is 1. The summed E-state index contributed by atoms with van der Waals surface area (Å²) in [4.78, 5) is 12.0. The number of carbonyl (C=O) groups excluding carboxylic acids is 1. The minimum absolute atomic E-state index is 0.249. The highest BCUT2D eigenvalue weighted by Gasteiger charge is 2.13. The molecular weight excluding hydrogens is 288 g/mol. The fourth-order valence-corrected chi connectivity index (χ4v) is 2.35. The highest BCUT2D eigenvalue weighted by molar-refractivity contribution is 7.15. The van der Waals surface area contributed by atoms with Gasteiger partial charge in [0.25, 0.3) is 5.91 Å². The second-order valence-corrected chi connectivity index (χ2v) is 5.55. The second kappa shape index (κ2) is 5.80. The summed E-state index contributed by atoms with van der Waals surface area (Å²) in [6, 6.07) is 9.85. The van der Waals surface area contributed by atoms with Crippen molar-refractivity contribution in [2.45, 2.75) is 13.5 Å². The van der Waals surface area contributed by atoms with Crippen molar-refractivity contribution >= 4 is 22.4 Å². The van der Waals surface area contributed by atoms with Crippen LogP contribution in [0.5, 0.6) is 0 Å². The van der Waals surface area contributed by atoms with E-state index < -0.39 is 0 Å². The molecule has 0 fully saturated rings. The molecule has 2 heterocycles. The van der Waals surface area contributed by atoms with Gasteiger partial charge < -0.3 is 0 Å². The lowest BCUT2D eigenvalue weighted by Gasteiger charge is -1.99. The van der Waals surface area contributed by atoms with Gasteiger partial charge in [-0.05, 0) is 12.5 Å². The Morgan fingerprint density at radius 2 is 2.05 bits per heavy atom. The SMILES string of the molecule is Cc1nnc(NC(=O)c2cn(Cc3ccccc3)nn2)s1. The number of hydrogen-bond donors (Lipinski definition) is 1. The van der Waals surface area contributed by atoms with Crippen LogP contribution in [-0.4, -0.2) is 31.1 Å². The summed E-state index contributed by atoms with van der Waals surface area (Å²) in [7, 11) is 0. The van der Waals surface area contributed by atoms with Gasteiger partial charge in [0.2, 0.25) is 5.13 Å². The molecule has 7 nitrogen and oxygen atoms in total. The number of aryl methyl sites for hydroxylation is 1. The largest absolute Gasteiger partial charge is 0.295 e. The first-order valence-electron chi connectivity index (χ1n) is 6.26. The molecule has 0 bridgehead atoms. The van der Waals surface area contributed by atoms with E-state index in [-0.39, 0.29) is 11.6 Å². The molecule has 1 N–H and O–H groups in total. The Morgan fingerprint density at radius 3 is 2.76 bits per heavy atom. The Labute approximate surface area is 124 Å². The van der Waals surface area contributed by atoms with E-state index in [1.54, 1.807) is 10.9 Å². The molecule has 106 valence electrons. The van der Waals surface area contributed by atoms with Gasteiger partial charge in [-0.2, -0.15) is 0 Å². The molecule has 0 spiro atoms. The Bertz CT molecular complexity index is 751. The molecule has 21 heavy (non-hydrogen) atoms. The molecule has 2 aromatic heterocycles. The first-order valence-corrected chi connectivity index (χ1v) is 7.08. The zero-order chi connectivity index (χ0) is 14.7. The van der Waals surface area contributed by atoms with Crippen molar-refractivity contribution in [3.05, 3.63) is 52.8 Å². The highest BCUT2D eigenvalue weighted by Crippen LogP contribution is 2.14. The average Bonchev–Trinajstić information content (AvgIpc) is 3.09. The Kier molecular flexibility index (Phi) is 3.69. The van der Waals surface area contributed by atoms with E-state index in [1.807, 2.05) is 37.3 Å². The van der Waals surface area contributed by atoms with Crippen LogP contribution in [0.15, 0.2) is 36.5 Å². The summed E-state index contributed by atoms with van der Waals surface area (Å²) in [5.74, 6) is -0.342. The summed E-state index contributed by atoms with van der Waals surface area (Å²) in [5.41, 5.74) is 1.34. The van der Waals surface area contributed by atoms with Crippen LogP contribution in [0, 0.1) is 6.92 Å². The quantitative estimate of drug-likeness (QED) is 0.793. The van der Waals surface area contributed by atoms with E-state index in [1.165, 1.54) is 11.3 Å². The van der Waals surface area contributed by atoms with Crippen LogP contribution in [0.4, 0.5) is 5.13 Å². The third-order valence-electron chi connectivity index (χ3n) is 2.71. The number of anilines is 1. The summed E-state index contributed by atoms with van der Waals surface area (Å²) < 4.78 is 1.62. The third-order valence-corrected chi connectivity index (χ3v) is 3.46. The van der Waals surface area contributed by atoms with Gasteiger partial charge in [0.1, 0.15) is 5.01 Å². The van der Waals surface area contributed by atoms with Crippen LogP contribution < -0.4 is 5.32 Å².